The van der Waals surface area contributed by atoms with Gasteiger partial charge in [0, 0.05) is 38.1 Å². The van der Waals surface area contributed by atoms with Gasteiger partial charge in [0.25, 0.3) is 10.0 Å². The smallest absolute Gasteiger partial charge is 0.260 e. The van der Waals surface area contributed by atoms with Crippen molar-refractivity contribution in [2.24, 2.45) is 0 Å². The van der Waals surface area contributed by atoms with Crippen LogP contribution in [0, 0.1) is 0 Å². The summed E-state index contributed by atoms with van der Waals surface area (Å²) in [5.41, 5.74) is 0. The molecule has 2 atom stereocenters. The van der Waals surface area contributed by atoms with Crippen molar-refractivity contribution >= 4 is 10.0 Å². The number of piperazine rings is 1. The van der Waals surface area contributed by atoms with Gasteiger partial charge in [-0.3, -0.25) is 0 Å². The lowest BCUT2D eigenvalue weighted by molar-refractivity contribution is 0.261. The number of fused-ring (bicyclic) bond motifs is 1. The summed E-state index contributed by atoms with van der Waals surface area (Å²) in [6.45, 7) is 5.83. The highest BCUT2D eigenvalue weighted by Crippen LogP contribution is 2.24. The van der Waals surface area contributed by atoms with Crippen LogP contribution in [0.1, 0.15) is 26.1 Å². The van der Waals surface area contributed by atoms with E-state index in [9.17, 15) is 8.42 Å². The van der Waals surface area contributed by atoms with Crippen LogP contribution < -0.4 is 5.32 Å². The molecule has 3 heterocycles. The number of nitrogens with one attached hydrogen (secondary N) is 1. The number of rotatable bonds is 2. The van der Waals surface area contributed by atoms with Crippen LogP contribution in [-0.4, -0.2) is 47.4 Å². The van der Waals surface area contributed by atoms with Gasteiger partial charge in [0.05, 0.1) is 6.20 Å². The molecule has 0 radical (unpaired) electrons. The summed E-state index contributed by atoms with van der Waals surface area (Å²) in [6, 6.07) is 0.360. The summed E-state index contributed by atoms with van der Waals surface area (Å²) in [4.78, 5) is 4.24. The van der Waals surface area contributed by atoms with Crippen LogP contribution in [0.4, 0.5) is 0 Å². The molecule has 106 valence electrons. The van der Waals surface area contributed by atoms with Crippen molar-refractivity contribution in [2.75, 3.05) is 13.1 Å². The SMILES string of the molecule is CC1CN(S(=O)(=O)c2cnc3n2CCC3)CC(C)N1. The molecule has 0 aliphatic carbocycles. The van der Waals surface area contributed by atoms with Crippen LogP contribution in [0.5, 0.6) is 0 Å². The van der Waals surface area contributed by atoms with Gasteiger partial charge >= 0.3 is 0 Å². The average molecular weight is 284 g/mol. The number of hydrogen-bond donors (Lipinski definition) is 1. The molecule has 0 aromatic carbocycles. The molecule has 0 spiro atoms. The Kier molecular flexibility index (Phi) is 3.15. The van der Waals surface area contributed by atoms with Crippen LogP contribution in [0.3, 0.4) is 0 Å². The monoisotopic (exact) mass is 284 g/mol. The molecule has 2 aliphatic heterocycles. The highest BCUT2D eigenvalue weighted by Gasteiger charge is 2.34. The van der Waals surface area contributed by atoms with Crippen molar-refractivity contribution in [1.82, 2.24) is 19.2 Å². The Hall–Kier alpha value is -0.920. The van der Waals surface area contributed by atoms with Gasteiger partial charge in [0.2, 0.25) is 0 Å². The largest absolute Gasteiger partial charge is 0.318 e. The zero-order chi connectivity index (χ0) is 13.6. The van der Waals surface area contributed by atoms with Crippen molar-refractivity contribution in [3.8, 4) is 0 Å². The third kappa shape index (κ3) is 2.19. The topological polar surface area (TPSA) is 67.2 Å². The van der Waals surface area contributed by atoms with Crippen molar-refractivity contribution in [1.29, 1.82) is 0 Å². The van der Waals surface area contributed by atoms with Crippen molar-refractivity contribution < 1.29 is 8.42 Å². The molecule has 1 N–H and O–H groups in total. The van der Waals surface area contributed by atoms with E-state index >= 15 is 0 Å². The third-order valence-electron chi connectivity index (χ3n) is 3.81. The summed E-state index contributed by atoms with van der Waals surface area (Å²) in [5, 5.41) is 3.71. The molecule has 1 aromatic heterocycles. The van der Waals surface area contributed by atoms with Gasteiger partial charge in [-0.25, -0.2) is 13.4 Å². The van der Waals surface area contributed by atoms with E-state index in [2.05, 4.69) is 10.3 Å². The Labute approximate surface area is 113 Å². The number of hydrogen-bond acceptors (Lipinski definition) is 4. The molecule has 6 nitrogen and oxygen atoms in total. The van der Waals surface area contributed by atoms with E-state index in [0.29, 0.717) is 18.1 Å². The van der Waals surface area contributed by atoms with Crippen LogP contribution in [0.25, 0.3) is 0 Å². The maximum absolute atomic E-state index is 12.7. The fourth-order valence-electron chi connectivity index (χ4n) is 3.04. The number of nitrogens with zero attached hydrogens (tertiary/aromatic N) is 3. The molecule has 1 aromatic rings. The second-order valence-electron chi connectivity index (χ2n) is 5.56. The first-order chi connectivity index (χ1) is 8.98. The molecule has 0 saturated carbocycles. The Bertz CT molecular complexity index is 571. The highest BCUT2D eigenvalue weighted by molar-refractivity contribution is 7.89. The van der Waals surface area contributed by atoms with Crippen molar-refractivity contribution in [3.63, 3.8) is 0 Å². The van der Waals surface area contributed by atoms with Gasteiger partial charge in [-0.1, -0.05) is 0 Å². The highest BCUT2D eigenvalue weighted by atomic mass is 32.2. The lowest BCUT2D eigenvalue weighted by atomic mass is 10.2. The minimum absolute atomic E-state index is 0.180. The zero-order valence-corrected chi connectivity index (χ0v) is 12.2. The zero-order valence-electron chi connectivity index (χ0n) is 11.3. The van der Waals surface area contributed by atoms with Crippen LogP contribution in [-0.2, 0) is 23.0 Å². The van der Waals surface area contributed by atoms with Crippen LogP contribution in [0.2, 0.25) is 0 Å². The molecule has 2 unspecified atom stereocenters. The second kappa shape index (κ2) is 4.57. The summed E-state index contributed by atoms with van der Waals surface area (Å²) >= 11 is 0. The molecule has 1 fully saturated rings. The Morgan fingerprint density at radius 1 is 1.32 bits per heavy atom. The van der Waals surface area contributed by atoms with E-state index in [0.717, 1.165) is 25.2 Å². The molecule has 3 rings (SSSR count). The molecule has 0 bridgehead atoms. The predicted molar refractivity (Wildman–Crippen MR) is 71.4 cm³/mol. The van der Waals surface area contributed by atoms with Crippen LogP contribution >= 0.6 is 0 Å². The Morgan fingerprint density at radius 3 is 2.68 bits per heavy atom. The molecule has 19 heavy (non-hydrogen) atoms. The van der Waals surface area contributed by atoms with E-state index in [1.807, 2.05) is 18.4 Å². The van der Waals surface area contributed by atoms with Gasteiger partial charge in [0.1, 0.15) is 5.82 Å². The molecule has 1 saturated heterocycles. The normalized spacial score (nSPS) is 28.5. The fraction of sp³-hybridized carbons (Fsp3) is 0.750. The number of sulfonamides is 1. The lowest BCUT2D eigenvalue weighted by Gasteiger charge is -2.35. The molecule has 2 aliphatic rings. The maximum Gasteiger partial charge on any atom is 0.260 e. The van der Waals surface area contributed by atoms with Crippen molar-refractivity contribution in [2.45, 2.75) is 50.3 Å². The predicted octanol–water partition coefficient (Wildman–Crippen LogP) is 0.200. The van der Waals surface area contributed by atoms with E-state index in [1.54, 1.807) is 4.31 Å². The number of aromatic nitrogens is 2. The van der Waals surface area contributed by atoms with E-state index in [4.69, 9.17) is 0 Å². The molecular weight excluding hydrogens is 264 g/mol. The Balaban J connectivity index is 1.94. The minimum Gasteiger partial charge on any atom is -0.318 e. The van der Waals surface area contributed by atoms with Gasteiger partial charge in [-0.2, -0.15) is 4.31 Å². The maximum atomic E-state index is 12.7. The molecular formula is C12H20N4O2S. The van der Waals surface area contributed by atoms with Gasteiger partial charge in [0.15, 0.2) is 5.03 Å². The summed E-state index contributed by atoms with van der Waals surface area (Å²) in [6.07, 6.45) is 3.38. The van der Waals surface area contributed by atoms with Crippen molar-refractivity contribution in [3.05, 3.63) is 12.0 Å². The van der Waals surface area contributed by atoms with E-state index < -0.39 is 10.0 Å². The summed E-state index contributed by atoms with van der Waals surface area (Å²) in [7, 11) is -3.42. The summed E-state index contributed by atoms with van der Waals surface area (Å²) in [5.74, 6) is 0.898. The third-order valence-corrected chi connectivity index (χ3v) is 5.64. The first kappa shape index (κ1) is 13.1. The van der Waals surface area contributed by atoms with Gasteiger partial charge < -0.3 is 9.88 Å². The molecule has 7 heteroatoms. The number of imidazole rings is 1. The minimum atomic E-state index is -3.42. The van der Waals surface area contributed by atoms with Gasteiger partial charge in [-0.15, -0.1) is 0 Å². The fourth-order valence-corrected chi connectivity index (χ4v) is 4.81. The quantitative estimate of drug-likeness (QED) is 0.842. The van der Waals surface area contributed by atoms with Gasteiger partial charge in [-0.05, 0) is 20.3 Å². The van der Waals surface area contributed by atoms with E-state index in [1.165, 1.54) is 6.20 Å². The number of aryl methyl sites for hydroxylation is 1. The first-order valence-corrected chi connectivity index (χ1v) is 8.23. The average Bonchev–Trinajstić information content (AvgIpc) is 2.88. The molecule has 0 amide bonds. The Morgan fingerprint density at radius 2 is 2.00 bits per heavy atom. The second-order valence-corrected chi connectivity index (χ2v) is 7.44. The lowest BCUT2D eigenvalue weighted by Crippen LogP contribution is -2.55. The first-order valence-electron chi connectivity index (χ1n) is 6.79. The van der Waals surface area contributed by atoms with Crippen LogP contribution in [0.15, 0.2) is 11.2 Å². The summed E-state index contributed by atoms with van der Waals surface area (Å²) < 4.78 is 28.9. The standard InChI is InChI=1S/C12H20N4O2S/c1-9-7-15(8-10(2)14-9)19(17,18)12-6-13-11-4-3-5-16(11)12/h6,9-10,14H,3-5,7-8H2,1-2H3. The van der Waals surface area contributed by atoms with E-state index in [-0.39, 0.29) is 12.1 Å².